The summed E-state index contributed by atoms with van der Waals surface area (Å²) < 4.78 is 23.3. The Morgan fingerprint density at radius 2 is 1.89 bits per heavy atom. The van der Waals surface area contributed by atoms with E-state index in [1.54, 1.807) is 19.1 Å². The van der Waals surface area contributed by atoms with E-state index in [1.807, 2.05) is 0 Å². The van der Waals surface area contributed by atoms with E-state index in [0.29, 0.717) is 11.3 Å². The highest BCUT2D eigenvalue weighted by Crippen LogP contribution is 2.19. The summed E-state index contributed by atoms with van der Waals surface area (Å²) in [5, 5.41) is 0. The van der Waals surface area contributed by atoms with E-state index in [0.717, 1.165) is 0 Å². The van der Waals surface area contributed by atoms with E-state index in [-0.39, 0.29) is 22.2 Å². The van der Waals surface area contributed by atoms with Crippen molar-refractivity contribution in [3.05, 3.63) is 40.7 Å². The second kappa shape index (κ2) is 4.85. The number of aromatic nitrogens is 2. The predicted octanol–water partition coefficient (Wildman–Crippen LogP) is 0.813. The van der Waals surface area contributed by atoms with Crippen LogP contribution >= 0.6 is 0 Å². The van der Waals surface area contributed by atoms with Crippen molar-refractivity contribution in [3.63, 3.8) is 0 Å². The Labute approximate surface area is 110 Å². The Morgan fingerprint density at radius 1 is 1.26 bits per heavy atom. The Kier molecular flexibility index (Phi) is 3.39. The molecule has 1 heterocycles. The first-order chi connectivity index (χ1) is 8.92. The summed E-state index contributed by atoms with van der Waals surface area (Å²) in [6.07, 6.45) is 0. The van der Waals surface area contributed by atoms with Gasteiger partial charge in [0.1, 0.15) is 0 Å². The van der Waals surface area contributed by atoms with Crippen molar-refractivity contribution in [2.75, 3.05) is 11.5 Å². The number of H-pyrrole nitrogens is 1. The van der Waals surface area contributed by atoms with Gasteiger partial charge in [-0.25, -0.2) is 13.4 Å². The van der Waals surface area contributed by atoms with Crippen molar-refractivity contribution >= 4 is 15.8 Å². The second-order valence-electron chi connectivity index (χ2n) is 3.94. The first-order valence-electron chi connectivity index (χ1n) is 5.62. The number of nitrogen functional groups attached to an aromatic ring is 1. The minimum Gasteiger partial charge on any atom is -0.369 e. The number of nitrogens with two attached hydrogens (primary N) is 1. The maximum absolute atomic E-state index is 11.7. The smallest absolute Gasteiger partial charge is 0.252 e. The highest BCUT2D eigenvalue weighted by molar-refractivity contribution is 7.91. The molecule has 0 aliphatic heterocycles. The van der Waals surface area contributed by atoms with Crippen LogP contribution in [0.3, 0.4) is 0 Å². The zero-order valence-corrected chi connectivity index (χ0v) is 11.1. The third-order valence-electron chi connectivity index (χ3n) is 2.65. The summed E-state index contributed by atoms with van der Waals surface area (Å²) in [6.45, 7) is 1.59. The molecule has 2 rings (SSSR count). The van der Waals surface area contributed by atoms with Crippen LogP contribution in [-0.2, 0) is 9.84 Å². The third-order valence-corrected chi connectivity index (χ3v) is 4.40. The van der Waals surface area contributed by atoms with Gasteiger partial charge in [-0.3, -0.25) is 9.78 Å². The standard InChI is InChI=1S/C12H13N3O3S/c1-2-19(17,18)9-5-3-8(4-6-9)10-7-11(16)15-12(13)14-10/h3-7H,2H2,1H3,(H3,13,14,15,16). The fourth-order valence-corrected chi connectivity index (χ4v) is 2.51. The van der Waals surface area contributed by atoms with Crippen LogP contribution in [0.2, 0.25) is 0 Å². The van der Waals surface area contributed by atoms with Crippen LogP contribution in [0.4, 0.5) is 5.95 Å². The number of nitrogens with zero attached hydrogens (tertiary/aromatic N) is 1. The molecule has 7 heteroatoms. The number of benzene rings is 1. The molecule has 0 radical (unpaired) electrons. The second-order valence-corrected chi connectivity index (χ2v) is 6.22. The zero-order chi connectivity index (χ0) is 14.0. The first-order valence-corrected chi connectivity index (χ1v) is 7.27. The molecule has 0 spiro atoms. The van der Waals surface area contributed by atoms with E-state index >= 15 is 0 Å². The molecule has 0 saturated heterocycles. The molecule has 0 aliphatic rings. The van der Waals surface area contributed by atoms with Gasteiger partial charge in [-0.1, -0.05) is 19.1 Å². The molecular formula is C12H13N3O3S. The lowest BCUT2D eigenvalue weighted by Crippen LogP contribution is -2.10. The molecule has 6 nitrogen and oxygen atoms in total. The number of aromatic amines is 1. The van der Waals surface area contributed by atoms with Gasteiger partial charge in [0, 0.05) is 11.6 Å². The first kappa shape index (κ1) is 13.3. The molecule has 1 aromatic heterocycles. The van der Waals surface area contributed by atoms with Gasteiger partial charge in [0.2, 0.25) is 5.95 Å². The van der Waals surface area contributed by atoms with Gasteiger partial charge in [-0.2, -0.15) is 0 Å². The molecule has 0 amide bonds. The summed E-state index contributed by atoms with van der Waals surface area (Å²) in [5.41, 5.74) is 6.14. The van der Waals surface area contributed by atoms with E-state index in [4.69, 9.17) is 5.73 Å². The molecular weight excluding hydrogens is 266 g/mol. The largest absolute Gasteiger partial charge is 0.369 e. The molecule has 0 bridgehead atoms. The molecule has 3 N–H and O–H groups in total. The molecule has 0 saturated carbocycles. The highest BCUT2D eigenvalue weighted by atomic mass is 32.2. The topological polar surface area (TPSA) is 106 Å². The Hall–Kier alpha value is -2.15. The minimum absolute atomic E-state index is 0.0211. The lowest BCUT2D eigenvalue weighted by atomic mass is 10.1. The molecule has 0 fully saturated rings. The Morgan fingerprint density at radius 3 is 2.42 bits per heavy atom. The van der Waals surface area contributed by atoms with E-state index < -0.39 is 9.84 Å². The van der Waals surface area contributed by atoms with Crippen molar-refractivity contribution in [1.29, 1.82) is 0 Å². The summed E-state index contributed by atoms with van der Waals surface area (Å²) in [7, 11) is -3.23. The number of hydrogen-bond acceptors (Lipinski definition) is 5. The number of nitrogens with one attached hydrogen (secondary N) is 1. The van der Waals surface area contributed by atoms with Crippen LogP contribution in [0.1, 0.15) is 6.92 Å². The summed E-state index contributed by atoms with van der Waals surface area (Å²) >= 11 is 0. The van der Waals surface area contributed by atoms with Gasteiger partial charge in [-0.05, 0) is 12.1 Å². The van der Waals surface area contributed by atoms with E-state index in [1.165, 1.54) is 18.2 Å². The Bertz CT molecular complexity index is 749. The normalized spacial score (nSPS) is 11.4. The van der Waals surface area contributed by atoms with Gasteiger partial charge < -0.3 is 5.73 Å². The molecule has 100 valence electrons. The lowest BCUT2D eigenvalue weighted by Gasteiger charge is -2.04. The zero-order valence-electron chi connectivity index (χ0n) is 10.3. The van der Waals surface area contributed by atoms with Gasteiger partial charge >= 0.3 is 0 Å². The lowest BCUT2D eigenvalue weighted by molar-refractivity contribution is 0.597. The van der Waals surface area contributed by atoms with Crippen molar-refractivity contribution in [2.24, 2.45) is 0 Å². The van der Waals surface area contributed by atoms with Crippen LogP contribution in [0.5, 0.6) is 0 Å². The molecule has 1 aromatic carbocycles. The van der Waals surface area contributed by atoms with Crippen molar-refractivity contribution in [2.45, 2.75) is 11.8 Å². The molecule has 19 heavy (non-hydrogen) atoms. The van der Waals surface area contributed by atoms with Gasteiger partial charge in [-0.15, -0.1) is 0 Å². The van der Waals surface area contributed by atoms with Crippen LogP contribution in [-0.4, -0.2) is 24.1 Å². The Balaban J connectivity index is 2.46. The van der Waals surface area contributed by atoms with E-state index in [2.05, 4.69) is 9.97 Å². The fourth-order valence-electron chi connectivity index (χ4n) is 1.62. The summed E-state index contributed by atoms with van der Waals surface area (Å²) in [4.78, 5) is 17.9. The maximum atomic E-state index is 11.7. The van der Waals surface area contributed by atoms with Gasteiger partial charge in [0.25, 0.3) is 5.56 Å². The van der Waals surface area contributed by atoms with Gasteiger partial charge in [0.15, 0.2) is 9.84 Å². The fraction of sp³-hybridized carbons (Fsp3) is 0.167. The molecule has 2 aromatic rings. The number of rotatable bonds is 3. The van der Waals surface area contributed by atoms with Crippen molar-refractivity contribution in [3.8, 4) is 11.3 Å². The number of sulfone groups is 1. The molecule has 0 atom stereocenters. The highest BCUT2D eigenvalue weighted by Gasteiger charge is 2.11. The average Bonchev–Trinajstić information content (AvgIpc) is 2.38. The van der Waals surface area contributed by atoms with Crippen molar-refractivity contribution in [1.82, 2.24) is 9.97 Å². The molecule has 0 aliphatic carbocycles. The van der Waals surface area contributed by atoms with E-state index in [9.17, 15) is 13.2 Å². The van der Waals surface area contributed by atoms with Crippen LogP contribution in [0.15, 0.2) is 40.0 Å². The number of hydrogen-bond donors (Lipinski definition) is 2. The minimum atomic E-state index is -3.23. The monoisotopic (exact) mass is 279 g/mol. The summed E-state index contributed by atoms with van der Waals surface area (Å²) in [5.74, 6) is 0.0653. The number of anilines is 1. The maximum Gasteiger partial charge on any atom is 0.252 e. The van der Waals surface area contributed by atoms with Crippen molar-refractivity contribution < 1.29 is 8.42 Å². The molecule has 0 unspecified atom stereocenters. The van der Waals surface area contributed by atoms with Gasteiger partial charge in [0.05, 0.1) is 16.3 Å². The van der Waals surface area contributed by atoms with Crippen LogP contribution in [0, 0.1) is 0 Å². The van der Waals surface area contributed by atoms with Crippen LogP contribution < -0.4 is 11.3 Å². The van der Waals surface area contributed by atoms with Crippen LogP contribution in [0.25, 0.3) is 11.3 Å². The summed E-state index contributed by atoms with van der Waals surface area (Å²) in [6, 6.07) is 7.49. The predicted molar refractivity (Wildman–Crippen MR) is 72.4 cm³/mol. The average molecular weight is 279 g/mol. The third kappa shape index (κ3) is 2.82. The quantitative estimate of drug-likeness (QED) is 0.865. The SMILES string of the molecule is CCS(=O)(=O)c1ccc(-c2cc(=O)[nH]c(N)n2)cc1.